The zero-order chi connectivity index (χ0) is 12.3. The van der Waals surface area contributed by atoms with Crippen LogP contribution in [-0.4, -0.2) is 27.9 Å². The Labute approximate surface area is 107 Å². The third-order valence-corrected chi connectivity index (χ3v) is 3.57. The minimum atomic E-state index is 0.517. The van der Waals surface area contributed by atoms with Crippen molar-refractivity contribution in [2.75, 3.05) is 18.1 Å². The highest BCUT2D eigenvalue weighted by molar-refractivity contribution is 6.99. The minimum absolute atomic E-state index is 0.517. The number of ether oxygens (including phenoxy) is 1. The van der Waals surface area contributed by atoms with Crippen LogP contribution in [-0.2, 0) is 0 Å². The Bertz CT molecular complexity index is 353. The van der Waals surface area contributed by atoms with Crippen LogP contribution in [0.25, 0.3) is 0 Å². The number of rotatable bonds is 4. The molecule has 1 aromatic heterocycles. The normalized spacial score (nSPS) is 20.9. The molecule has 0 spiro atoms. The summed E-state index contributed by atoms with van der Waals surface area (Å²) < 4.78 is 14.4. The molecule has 0 radical (unpaired) electrons. The smallest absolute Gasteiger partial charge is 0.270 e. The second kappa shape index (κ2) is 5.67. The highest BCUT2D eigenvalue weighted by Crippen LogP contribution is 2.31. The molecule has 1 unspecified atom stereocenters. The molecule has 0 bridgehead atoms. The van der Waals surface area contributed by atoms with E-state index in [4.69, 9.17) is 4.74 Å². The Balaban J connectivity index is 2.06. The molecule has 0 aliphatic carbocycles. The Morgan fingerprint density at radius 2 is 2.24 bits per heavy atom. The van der Waals surface area contributed by atoms with Gasteiger partial charge in [-0.2, -0.15) is 4.37 Å². The highest BCUT2D eigenvalue weighted by atomic mass is 32.1. The first kappa shape index (κ1) is 12.6. The molecular weight excluding hydrogens is 234 g/mol. The van der Waals surface area contributed by atoms with Crippen LogP contribution in [0, 0.1) is 5.92 Å². The average Bonchev–Trinajstić information content (AvgIpc) is 2.75. The van der Waals surface area contributed by atoms with Gasteiger partial charge in [0.25, 0.3) is 5.88 Å². The molecule has 5 heteroatoms. The van der Waals surface area contributed by atoms with Crippen molar-refractivity contribution < 1.29 is 4.74 Å². The molecular formula is C12H21N3OS. The lowest BCUT2D eigenvalue weighted by molar-refractivity contribution is 0.263. The van der Waals surface area contributed by atoms with E-state index in [0.29, 0.717) is 18.6 Å². The topological polar surface area (TPSA) is 38.3 Å². The Morgan fingerprint density at radius 1 is 1.41 bits per heavy atom. The van der Waals surface area contributed by atoms with Gasteiger partial charge in [0.1, 0.15) is 0 Å². The van der Waals surface area contributed by atoms with Crippen molar-refractivity contribution in [1.82, 2.24) is 8.75 Å². The molecule has 96 valence electrons. The van der Waals surface area contributed by atoms with Crippen molar-refractivity contribution in [3.63, 3.8) is 0 Å². The van der Waals surface area contributed by atoms with Crippen LogP contribution < -0.4 is 9.64 Å². The molecule has 0 amide bonds. The van der Waals surface area contributed by atoms with E-state index in [2.05, 4.69) is 34.4 Å². The summed E-state index contributed by atoms with van der Waals surface area (Å²) in [5, 5.41) is 0. The second-order valence-electron chi connectivity index (χ2n) is 5.14. The monoisotopic (exact) mass is 255 g/mol. The van der Waals surface area contributed by atoms with E-state index >= 15 is 0 Å². The predicted molar refractivity (Wildman–Crippen MR) is 70.9 cm³/mol. The highest BCUT2D eigenvalue weighted by Gasteiger charge is 2.24. The molecule has 0 saturated carbocycles. The molecule has 1 fully saturated rings. The van der Waals surface area contributed by atoms with Crippen molar-refractivity contribution in [2.24, 2.45) is 5.92 Å². The summed E-state index contributed by atoms with van der Waals surface area (Å²) in [5.41, 5.74) is 0. The summed E-state index contributed by atoms with van der Waals surface area (Å²) in [4.78, 5) is 2.34. The molecule has 1 aromatic rings. The number of piperidine rings is 1. The van der Waals surface area contributed by atoms with Gasteiger partial charge in [0.2, 0.25) is 5.82 Å². The molecule has 1 atom stereocenters. The maximum absolute atomic E-state index is 5.74. The van der Waals surface area contributed by atoms with Crippen LogP contribution >= 0.6 is 11.7 Å². The first-order valence-electron chi connectivity index (χ1n) is 6.40. The van der Waals surface area contributed by atoms with Gasteiger partial charge in [-0.15, -0.1) is 4.37 Å². The van der Waals surface area contributed by atoms with E-state index in [-0.39, 0.29) is 0 Å². The number of hydrogen-bond donors (Lipinski definition) is 0. The average molecular weight is 255 g/mol. The van der Waals surface area contributed by atoms with Crippen LogP contribution in [0.2, 0.25) is 0 Å². The zero-order valence-corrected chi connectivity index (χ0v) is 11.7. The quantitative estimate of drug-likeness (QED) is 0.829. The first-order chi connectivity index (χ1) is 8.18. The maximum atomic E-state index is 5.74. The van der Waals surface area contributed by atoms with Gasteiger partial charge in [0.15, 0.2) is 0 Å². The van der Waals surface area contributed by atoms with Gasteiger partial charge in [-0.1, -0.05) is 13.8 Å². The van der Waals surface area contributed by atoms with E-state index in [1.807, 2.05) is 0 Å². The molecule has 4 nitrogen and oxygen atoms in total. The van der Waals surface area contributed by atoms with Crippen LogP contribution in [0.15, 0.2) is 0 Å². The number of nitrogens with zero attached hydrogens (tertiary/aromatic N) is 3. The van der Waals surface area contributed by atoms with Gasteiger partial charge in [0.05, 0.1) is 18.3 Å². The lowest BCUT2D eigenvalue weighted by Crippen LogP contribution is -2.37. The fourth-order valence-corrected chi connectivity index (χ4v) is 2.61. The standard InChI is InChI=1S/C12H21N3OS/c1-9(2)8-16-12-11(13-17-14-12)15-7-5-4-6-10(15)3/h9-10H,4-8H2,1-3H3. The van der Waals surface area contributed by atoms with Crippen LogP contribution in [0.3, 0.4) is 0 Å². The summed E-state index contributed by atoms with van der Waals surface area (Å²) in [6, 6.07) is 0.550. The van der Waals surface area contributed by atoms with Crippen molar-refractivity contribution in [3.05, 3.63) is 0 Å². The van der Waals surface area contributed by atoms with Crippen LogP contribution in [0.1, 0.15) is 40.0 Å². The molecule has 0 N–H and O–H groups in total. The lowest BCUT2D eigenvalue weighted by Gasteiger charge is -2.33. The molecule has 2 rings (SSSR count). The molecule has 0 aromatic carbocycles. The molecule has 1 saturated heterocycles. The summed E-state index contributed by atoms with van der Waals surface area (Å²) in [6.07, 6.45) is 3.80. The zero-order valence-electron chi connectivity index (χ0n) is 10.8. The summed E-state index contributed by atoms with van der Waals surface area (Å²) in [7, 11) is 0. The maximum Gasteiger partial charge on any atom is 0.270 e. The van der Waals surface area contributed by atoms with Crippen molar-refractivity contribution >= 4 is 17.5 Å². The number of anilines is 1. The van der Waals surface area contributed by atoms with Gasteiger partial charge < -0.3 is 9.64 Å². The largest absolute Gasteiger partial charge is 0.474 e. The molecule has 1 aliphatic rings. The Kier molecular flexibility index (Phi) is 4.20. The van der Waals surface area contributed by atoms with Gasteiger partial charge in [-0.3, -0.25) is 0 Å². The van der Waals surface area contributed by atoms with Crippen molar-refractivity contribution in [3.8, 4) is 5.88 Å². The third-order valence-electron chi connectivity index (χ3n) is 3.07. The van der Waals surface area contributed by atoms with Crippen molar-refractivity contribution in [2.45, 2.75) is 46.1 Å². The van der Waals surface area contributed by atoms with Gasteiger partial charge in [0, 0.05) is 12.6 Å². The number of hydrogen-bond acceptors (Lipinski definition) is 5. The van der Waals surface area contributed by atoms with Crippen molar-refractivity contribution in [1.29, 1.82) is 0 Å². The summed E-state index contributed by atoms with van der Waals surface area (Å²) in [6.45, 7) is 8.32. The molecule has 17 heavy (non-hydrogen) atoms. The SMILES string of the molecule is CC(C)COc1nsnc1N1CCCCC1C. The van der Waals surface area contributed by atoms with E-state index < -0.39 is 0 Å². The van der Waals surface area contributed by atoms with Crippen LogP contribution in [0.5, 0.6) is 5.88 Å². The van der Waals surface area contributed by atoms with E-state index in [9.17, 15) is 0 Å². The van der Waals surface area contributed by atoms with Gasteiger partial charge in [-0.25, -0.2) is 0 Å². The fraction of sp³-hybridized carbons (Fsp3) is 0.833. The van der Waals surface area contributed by atoms with E-state index in [1.54, 1.807) is 0 Å². The fourth-order valence-electron chi connectivity index (χ4n) is 2.10. The summed E-state index contributed by atoms with van der Waals surface area (Å²) in [5.74, 6) is 2.18. The Morgan fingerprint density at radius 3 is 2.94 bits per heavy atom. The van der Waals surface area contributed by atoms with E-state index in [1.165, 1.54) is 31.0 Å². The van der Waals surface area contributed by atoms with Gasteiger partial charge in [-0.05, 0) is 32.1 Å². The molecule has 1 aliphatic heterocycles. The molecule has 2 heterocycles. The van der Waals surface area contributed by atoms with E-state index in [0.717, 1.165) is 18.2 Å². The predicted octanol–water partition coefficient (Wildman–Crippen LogP) is 2.95. The summed E-state index contributed by atoms with van der Waals surface area (Å²) >= 11 is 1.25. The lowest BCUT2D eigenvalue weighted by atomic mass is 10.0. The second-order valence-corrected chi connectivity index (χ2v) is 5.66. The minimum Gasteiger partial charge on any atom is -0.474 e. The van der Waals surface area contributed by atoms with Crippen LogP contribution in [0.4, 0.5) is 5.82 Å². The van der Waals surface area contributed by atoms with Gasteiger partial charge >= 0.3 is 0 Å². The number of aromatic nitrogens is 2. The first-order valence-corrected chi connectivity index (χ1v) is 7.13. The Hall–Kier alpha value is -0.840. The third kappa shape index (κ3) is 3.09.